The van der Waals surface area contributed by atoms with Crippen LogP contribution < -0.4 is 5.32 Å². The van der Waals surface area contributed by atoms with Crippen molar-refractivity contribution in [2.24, 2.45) is 7.05 Å². The first-order valence-electron chi connectivity index (χ1n) is 7.58. The first-order chi connectivity index (χ1) is 10.4. The number of nitrogens with zero attached hydrogens (tertiary/aromatic N) is 3. The normalized spacial score (nSPS) is 22.1. The average Bonchev–Trinajstić information content (AvgIpc) is 3.03. The van der Waals surface area contributed by atoms with E-state index in [4.69, 9.17) is 0 Å². The highest BCUT2D eigenvalue weighted by atomic mass is 32.1. The minimum atomic E-state index is 0.0981. The predicted molar refractivity (Wildman–Crippen MR) is 89.2 cm³/mol. The van der Waals surface area contributed by atoms with E-state index in [1.165, 1.54) is 0 Å². The van der Waals surface area contributed by atoms with E-state index < -0.39 is 0 Å². The van der Waals surface area contributed by atoms with Gasteiger partial charge in [-0.2, -0.15) is 0 Å². The average molecular weight is 318 g/mol. The highest BCUT2D eigenvalue weighted by molar-refractivity contribution is 7.09. The quantitative estimate of drug-likeness (QED) is 0.924. The van der Waals surface area contributed by atoms with Crippen LogP contribution in [0.25, 0.3) is 11.3 Å². The third kappa shape index (κ3) is 2.94. The molecule has 3 rings (SSSR count). The standard InChI is InChI=1S/C16H22N4OS/c1-10-6-20(7-11(2)17-10)16(21)15-5-13(8-19(15)4)14-9-22-12(3)18-14/h5,8-11,17H,6-7H2,1-4H3/t10-,11+. The molecule has 1 saturated heterocycles. The molecule has 0 unspecified atom stereocenters. The number of piperazine rings is 1. The van der Waals surface area contributed by atoms with Gasteiger partial charge in [0.15, 0.2) is 0 Å². The second-order valence-corrected chi connectivity index (χ2v) is 7.22. The minimum absolute atomic E-state index is 0.0981. The Bertz CT molecular complexity index is 680. The third-order valence-corrected chi connectivity index (χ3v) is 4.76. The van der Waals surface area contributed by atoms with Crippen molar-refractivity contribution in [1.29, 1.82) is 0 Å². The number of thiazole rings is 1. The molecule has 6 heteroatoms. The molecule has 1 N–H and O–H groups in total. The number of nitrogens with one attached hydrogen (secondary N) is 1. The Balaban J connectivity index is 1.85. The lowest BCUT2D eigenvalue weighted by Gasteiger charge is -2.36. The molecular weight excluding hydrogens is 296 g/mol. The van der Waals surface area contributed by atoms with Crippen LogP contribution in [0.2, 0.25) is 0 Å². The summed E-state index contributed by atoms with van der Waals surface area (Å²) in [4.78, 5) is 19.3. The van der Waals surface area contributed by atoms with E-state index in [9.17, 15) is 4.79 Å². The van der Waals surface area contributed by atoms with E-state index in [1.807, 2.05) is 41.1 Å². The molecule has 3 heterocycles. The van der Waals surface area contributed by atoms with Crippen molar-refractivity contribution in [3.05, 3.63) is 28.3 Å². The Morgan fingerprint density at radius 3 is 2.64 bits per heavy atom. The molecule has 1 aliphatic heterocycles. The van der Waals surface area contributed by atoms with Crippen molar-refractivity contribution in [1.82, 2.24) is 19.8 Å². The summed E-state index contributed by atoms with van der Waals surface area (Å²) in [6.45, 7) is 7.72. The van der Waals surface area contributed by atoms with Crippen molar-refractivity contribution >= 4 is 17.2 Å². The van der Waals surface area contributed by atoms with E-state index in [-0.39, 0.29) is 5.91 Å². The molecule has 0 radical (unpaired) electrons. The van der Waals surface area contributed by atoms with Gasteiger partial charge in [-0.1, -0.05) is 0 Å². The van der Waals surface area contributed by atoms with Gasteiger partial charge in [-0.25, -0.2) is 4.98 Å². The van der Waals surface area contributed by atoms with E-state index in [1.54, 1.807) is 11.3 Å². The summed E-state index contributed by atoms with van der Waals surface area (Å²) in [6, 6.07) is 2.61. The van der Waals surface area contributed by atoms with Gasteiger partial charge in [0.2, 0.25) is 0 Å². The van der Waals surface area contributed by atoms with Crippen molar-refractivity contribution in [3.8, 4) is 11.3 Å². The van der Waals surface area contributed by atoms with Crippen molar-refractivity contribution in [3.63, 3.8) is 0 Å². The molecule has 118 valence electrons. The molecule has 2 aromatic heterocycles. The fraction of sp³-hybridized carbons (Fsp3) is 0.500. The lowest BCUT2D eigenvalue weighted by atomic mass is 10.1. The summed E-state index contributed by atoms with van der Waals surface area (Å²) in [5, 5.41) is 6.53. The molecule has 2 atom stereocenters. The fourth-order valence-corrected chi connectivity index (χ4v) is 3.69. The molecule has 0 saturated carbocycles. The monoisotopic (exact) mass is 318 g/mol. The third-order valence-electron chi connectivity index (χ3n) is 3.98. The molecule has 0 spiro atoms. The molecule has 1 aliphatic rings. The zero-order valence-corrected chi connectivity index (χ0v) is 14.3. The summed E-state index contributed by atoms with van der Waals surface area (Å²) >= 11 is 1.63. The molecule has 1 amide bonds. The lowest BCUT2D eigenvalue weighted by molar-refractivity contribution is 0.0664. The highest BCUT2D eigenvalue weighted by Gasteiger charge is 2.27. The smallest absolute Gasteiger partial charge is 0.270 e. The maximum atomic E-state index is 12.8. The van der Waals surface area contributed by atoms with E-state index in [0.29, 0.717) is 12.1 Å². The van der Waals surface area contributed by atoms with E-state index in [0.717, 1.165) is 35.0 Å². The van der Waals surface area contributed by atoms with Crippen LogP contribution in [0.5, 0.6) is 0 Å². The molecular formula is C16H22N4OS. The summed E-state index contributed by atoms with van der Waals surface area (Å²) in [7, 11) is 1.92. The van der Waals surface area contributed by atoms with Crippen LogP contribution in [-0.2, 0) is 7.05 Å². The van der Waals surface area contributed by atoms with Crippen LogP contribution in [0, 0.1) is 6.92 Å². The number of aryl methyl sites for hydroxylation is 2. The van der Waals surface area contributed by atoms with Gasteiger partial charge in [0.25, 0.3) is 5.91 Å². The summed E-state index contributed by atoms with van der Waals surface area (Å²) in [6.07, 6.45) is 1.98. The molecule has 22 heavy (non-hydrogen) atoms. The lowest BCUT2D eigenvalue weighted by Crippen LogP contribution is -2.56. The number of hydrogen-bond acceptors (Lipinski definition) is 4. The van der Waals surface area contributed by atoms with Gasteiger partial charge in [-0.05, 0) is 26.8 Å². The number of carbonyl (C=O) groups excluding carboxylic acids is 1. The van der Waals surface area contributed by atoms with Crippen molar-refractivity contribution in [2.75, 3.05) is 13.1 Å². The molecule has 0 aliphatic carbocycles. The van der Waals surface area contributed by atoms with Crippen LogP contribution in [0.1, 0.15) is 29.3 Å². The first-order valence-corrected chi connectivity index (χ1v) is 8.46. The number of hydrogen-bond donors (Lipinski definition) is 1. The summed E-state index contributed by atoms with van der Waals surface area (Å²) in [5.74, 6) is 0.0981. The first kappa shape index (κ1) is 15.2. The maximum absolute atomic E-state index is 12.8. The second kappa shape index (κ2) is 5.85. The second-order valence-electron chi connectivity index (χ2n) is 6.16. The molecule has 0 bridgehead atoms. The Kier molecular flexibility index (Phi) is 4.06. The summed E-state index contributed by atoms with van der Waals surface area (Å²) < 4.78 is 1.91. The number of amides is 1. The van der Waals surface area contributed by atoms with Gasteiger partial charge in [0.05, 0.1) is 10.7 Å². The van der Waals surface area contributed by atoms with Gasteiger partial charge in [0, 0.05) is 49.4 Å². The summed E-state index contributed by atoms with van der Waals surface area (Å²) in [5.41, 5.74) is 2.67. The van der Waals surface area contributed by atoms with E-state index >= 15 is 0 Å². The van der Waals surface area contributed by atoms with E-state index in [2.05, 4.69) is 24.1 Å². The van der Waals surface area contributed by atoms with Crippen molar-refractivity contribution < 1.29 is 4.79 Å². The van der Waals surface area contributed by atoms with Crippen LogP contribution in [0.4, 0.5) is 0 Å². The fourth-order valence-electron chi connectivity index (χ4n) is 3.07. The topological polar surface area (TPSA) is 50.2 Å². The minimum Gasteiger partial charge on any atom is -0.346 e. The largest absolute Gasteiger partial charge is 0.346 e. The van der Waals surface area contributed by atoms with Gasteiger partial charge >= 0.3 is 0 Å². The highest BCUT2D eigenvalue weighted by Crippen LogP contribution is 2.24. The van der Waals surface area contributed by atoms with Gasteiger partial charge in [-0.3, -0.25) is 4.79 Å². The van der Waals surface area contributed by atoms with Crippen LogP contribution >= 0.6 is 11.3 Å². The Hall–Kier alpha value is -1.66. The van der Waals surface area contributed by atoms with Gasteiger partial charge < -0.3 is 14.8 Å². The van der Waals surface area contributed by atoms with Gasteiger partial charge in [0.1, 0.15) is 5.69 Å². The number of carbonyl (C=O) groups is 1. The Morgan fingerprint density at radius 2 is 2.05 bits per heavy atom. The molecule has 1 fully saturated rings. The van der Waals surface area contributed by atoms with Crippen LogP contribution in [-0.4, -0.2) is 45.5 Å². The van der Waals surface area contributed by atoms with Gasteiger partial charge in [-0.15, -0.1) is 11.3 Å². The Morgan fingerprint density at radius 1 is 1.36 bits per heavy atom. The zero-order valence-electron chi connectivity index (χ0n) is 13.5. The van der Waals surface area contributed by atoms with Crippen LogP contribution in [0.15, 0.2) is 17.6 Å². The predicted octanol–water partition coefficient (Wildman–Crippen LogP) is 2.28. The number of aromatic nitrogens is 2. The SMILES string of the molecule is Cc1nc(-c2cc(C(=O)N3C[C@@H](C)N[C@@H](C)C3)n(C)c2)cs1. The molecule has 2 aromatic rings. The maximum Gasteiger partial charge on any atom is 0.270 e. The zero-order chi connectivity index (χ0) is 15.9. The Labute approximate surface area is 135 Å². The molecule has 5 nitrogen and oxygen atoms in total. The van der Waals surface area contributed by atoms with Crippen LogP contribution in [0.3, 0.4) is 0 Å². The molecule has 0 aromatic carbocycles. The number of rotatable bonds is 2. The van der Waals surface area contributed by atoms with Crippen molar-refractivity contribution in [2.45, 2.75) is 32.9 Å².